The van der Waals surface area contributed by atoms with Crippen molar-refractivity contribution in [2.45, 2.75) is 12.6 Å². The minimum absolute atomic E-state index is 0.0828. The lowest BCUT2D eigenvalue weighted by molar-refractivity contribution is -0.137. The normalized spacial score (nSPS) is 11.4. The Morgan fingerprint density at radius 1 is 0.935 bits per heavy atom. The Kier molecular flexibility index (Phi) is 8.04. The SMILES string of the molecule is CN(C)CCCNC(=O)c1cc(NC(=O)c2ccc(C(F)(F)F)cc2)ccc1N(C)C. The van der Waals surface area contributed by atoms with Gasteiger partial charge in [0.15, 0.2) is 0 Å². The van der Waals surface area contributed by atoms with Gasteiger partial charge in [-0.2, -0.15) is 13.2 Å². The molecule has 2 amide bonds. The maximum absolute atomic E-state index is 12.7. The van der Waals surface area contributed by atoms with Crippen molar-refractivity contribution < 1.29 is 22.8 Å². The number of alkyl halides is 3. The number of hydrogen-bond acceptors (Lipinski definition) is 4. The number of benzene rings is 2. The second-order valence-corrected chi connectivity index (χ2v) is 7.57. The third-order valence-electron chi connectivity index (χ3n) is 4.52. The van der Waals surface area contributed by atoms with Gasteiger partial charge in [0, 0.05) is 37.6 Å². The molecule has 0 atom stereocenters. The first kappa shape index (κ1) is 24.2. The highest BCUT2D eigenvalue weighted by Crippen LogP contribution is 2.29. The van der Waals surface area contributed by atoms with Gasteiger partial charge < -0.3 is 20.4 Å². The van der Waals surface area contributed by atoms with Crippen LogP contribution in [-0.4, -0.2) is 58.0 Å². The summed E-state index contributed by atoms with van der Waals surface area (Å²) in [7, 11) is 7.51. The number of nitrogens with one attached hydrogen (secondary N) is 2. The molecule has 0 radical (unpaired) electrons. The molecule has 0 heterocycles. The van der Waals surface area contributed by atoms with Crippen molar-refractivity contribution in [1.29, 1.82) is 0 Å². The molecule has 0 unspecified atom stereocenters. The zero-order chi connectivity index (χ0) is 23.2. The number of hydrogen-bond donors (Lipinski definition) is 2. The Balaban J connectivity index is 2.15. The highest BCUT2D eigenvalue weighted by molar-refractivity contribution is 6.06. The molecular weight excluding hydrogens is 409 g/mol. The van der Waals surface area contributed by atoms with Gasteiger partial charge in [-0.25, -0.2) is 0 Å². The molecule has 0 aromatic heterocycles. The molecule has 2 rings (SSSR count). The van der Waals surface area contributed by atoms with E-state index in [4.69, 9.17) is 0 Å². The van der Waals surface area contributed by atoms with Crippen molar-refractivity contribution in [2.75, 3.05) is 51.5 Å². The van der Waals surface area contributed by atoms with Crippen LogP contribution in [-0.2, 0) is 6.18 Å². The van der Waals surface area contributed by atoms with E-state index in [-0.39, 0.29) is 11.5 Å². The molecule has 168 valence electrons. The van der Waals surface area contributed by atoms with Crippen molar-refractivity contribution in [2.24, 2.45) is 0 Å². The van der Waals surface area contributed by atoms with Gasteiger partial charge in [-0.05, 0) is 69.5 Å². The highest BCUT2D eigenvalue weighted by atomic mass is 19.4. The summed E-state index contributed by atoms with van der Waals surface area (Å²) < 4.78 is 38.1. The maximum atomic E-state index is 12.7. The van der Waals surface area contributed by atoms with E-state index in [2.05, 4.69) is 10.6 Å². The van der Waals surface area contributed by atoms with Crippen LogP contribution in [0, 0.1) is 0 Å². The zero-order valence-electron chi connectivity index (χ0n) is 18.0. The van der Waals surface area contributed by atoms with Crippen LogP contribution in [0.4, 0.5) is 24.5 Å². The fraction of sp³-hybridized carbons (Fsp3) is 0.364. The van der Waals surface area contributed by atoms with E-state index in [0.29, 0.717) is 23.5 Å². The number of anilines is 2. The molecule has 0 aliphatic carbocycles. The van der Waals surface area contributed by atoms with Crippen LogP contribution < -0.4 is 15.5 Å². The molecular formula is C22H27F3N4O2. The van der Waals surface area contributed by atoms with Crippen LogP contribution >= 0.6 is 0 Å². The molecule has 2 aromatic rings. The summed E-state index contributed by atoms with van der Waals surface area (Å²) in [5.74, 6) is -0.836. The summed E-state index contributed by atoms with van der Waals surface area (Å²) >= 11 is 0. The molecule has 0 aliphatic rings. The molecule has 2 N–H and O–H groups in total. The smallest absolute Gasteiger partial charge is 0.377 e. The van der Waals surface area contributed by atoms with E-state index in [9.17, 15) is 22.8 Å². The van der Waals surface area contributed by atoms with E-state index < -0.39 is 17.6 Å². The molecule has 9 heteroatoms. The quantitative estimate of drug-likeness (QED) is 0.620. The topological polar surface area (TPSA) is 64.7 Å². The molecule has 0 saturated heterocycles. The van der Waals surface area contributed by atoms with Crippen molar-refractivity contribution in [1.82, 2.24) is 10.2 Å². The van der Waals surface area contributed by atoms with Crippen LogP contribution in [0.15, 0.2) is 42.5 Å². The van der Waals surface area contributed by atoms with Gasteiger partial charge in [-0.1, -0.05) is 0 Å². The first-order valence-electron chi connectivity index (χ1n) is 9.72. The maximum Gasteiger partial charge on any atom is 0.416 e. The van der Waals surface area contributed by atoms with E-state index in [1.807, 2.05) is 19.0 Å². The Bertz CT molecular complexity index is 910. The average molecular weight is 436 g/mol. The number of nitrogens with zero attached hydrogens (tertiary/aromatic N) is 2. The summed E-state index contributed by atoms with van der Waals surface area (Å²) in [5.41, 5.74) is 0.693. The Morgan fingerprint density at radius 3 is 2.13 bits per heavy atom. The molecule has 31 heavy (non-hydrogen) atoms. The Hall–Kier alpha value is -3.07. The first-order chi connectivity index (χ1) is 14.5. The minimum atomic E-state index is -4.47. The standard InChI is InChI=1S/C22H27F3N4O2/c1-28(2)13-5-12-26-21(31)18-14-17(10-11-19(18)29(3)4)27-20(30)15-6-8-16(9-7-15)22(23,24)25/h6-11,14H,5,12-13H2,1-4H3,(H,26,31)(H,27,30). The molecule has 0 aliphatic heterocycles. The number of amides is 2. The lowest BCUT2D eigenvalue weighted by Crippen LogP contribution is -2.28. The van der Waals surface area contributed by atoms with Crippen LogP contribution in [0.3, 0.4) is 0 Å². The van der Waals surface area contributed by atoms with Gasteiger partial charge in [-0.15, -0.1) is 0 Å². The lowest BCUT2D eigenvalue weighted by Gasteiger charge is -2.19. The molecule has 0 fully saturated rings. The van der Waals surface area contributed by atoms with Gasteiger partial charge >= 0.3 is 6.18 Å². The van der Waals surface area contributed by atoms with Gasteiger partial charge in [0.05, 0.1) is 11.1 Å². The summed E-state index contributed by atoms with van der Waals surface area (Å²) in [6.45, 7) is 1.34. The fourth-order valence-corrected chi connectivity index (χ4v) is 2.89. The number of rotatable bonds is 8. The van der Waals surface area contributed by atoms with E-state index in [1.165, 1.54) is 0 Å². The van der Waals surface area contributed by atoms with Crippen LogP contribution in [0.2, 0.25) is 0 Å². The average Bonchev–Trinajstić information content (AvgIpc) is 2.70. The third kappa shape index (κ3) is 6.99. The second-order valence-electron chi connectivity index (χ2n) is 7.57. The second kappa shape index (κ2) is 10.3. The summed E-state index contributed by atoms with van der Waals surface area (Å²) in [5, 5.41) is 5.51. The molecule has 0 spiro atoms. The summed E-state index contributed by atoms with van der Waals surface area (Å²) in [6, 6.07) is 8.85. The lowest BCUT2D eigenvalue weighted by atomic mass is 10.1. The van der Waals surface area contributed by atoms with Gasteiger partial charge in [0.1, 0.15) is 0 Å². The van der Waals surface area contributed by atoms with Crippen molar-refractivity contribution in [3.63, 3.8) is 0 Å². The van der Waals surface area contributed by atoms with Gasteiger partial charge in [0.25, 0.3) is 11.8 Å². The van der Waals surface area contributed by atoms with Crippen molar-refractivity contribution in [3.05, 3.63) is 59.2 Å². The molecule has 0 saturated carbocycles. The van der Waals surface area contributed by atoms with Gasteiger partial charge in [-0.3, -0.25) is 9.59 Å². The van der Waals surface area contributed by atoms with Crippen LogP contribution in [0.1, 0.15) is 32.7 Å². The van der Waals surface area contributed by atoms with Crippen molar-refractivity contribution >= 4 is 23.2 Å². The first-order valence-corrected chi connectivity index (χ1v) is 9.72. The third-order valence-corrected chi connectivity index (χ3v) is 4.52. The number of halogens is 3. The number of carbonyl (C=O) groups excluding carboxylic acids is 2. The fourth-order valence-electron chi connectivity index (χ4n) is 2.89. The summed E-state index contributed by atoms with van der Waals surface area (Å²) in [6.07, 6.45) is -3.67. The van der Waals surface area contributed by atoms with Gasteiger partial charge in [0.2, 0.25) is 0 Å². The van der Waals surface area contributed by atoms with Crippen LogP contribution in [0.5, 0.6) is 0 Å². The van der Waals surface area contributed by atoms with E-state index in [1.54, 1.807) is 37.2 Å². The Morgan fingerprint density at radius 2 is 1.58 bits per heavy atom. The van der Waals surface area contributed by atoms with Crippen LogP contribution in [0.25, 0.3) is 0 Å². The summed E-state index contributed by atoms with van der Waals surface area (Å²) in [4.78, 5) is 28.9. The zero-order valence-corrected chi connectivity index (χ0v) is 18.0. The molecule has 0 bridgehead atoms. The minimum Gasteiger partial charge on any atom is -0.377 e. The monoisotopic (exact) mass is 436 g/mol. The highest BCUT2D eigenvalue weighted by Gasteiger charge is 2.30. The molecule has 6 nitrogen and oxygen atoms in total. The van der Waals surface area contributed by atoms with Crippen molar-refractivity contribution in [3.8, 4) is 0 Å². The van der Waals surface area contributed by atoms with E-state index >= 15 is 0 Å². The molecule has 2 aromatic carbocycles. The number of carbonyl (C=O) groups is 2. The van der Waals surface area contributed by atoms with E-state index in [0.717, 1.165) is 37.2 Å². The predicted molar refractivity (Wildman–Crippen MR) is 116 cm³/mol. The largest absolute Gasteiger partial charge is 0.416 e. The predicted octanol–water partition coefficient (Wildman–Crippen LogP) is 3.71. The Labute approximate surface area is 180 Å².